The highest BCUT2D eigenvalue weighted by molar-refractivity contribution is 6.06. The number of methoxy groups -OCH3 is 1. The molecule has 1 unspecified atom stereocenters. The van der Waals surface area contributed by atoms with Gasteiger partial charge in [0.25, 0.3) is 0 Å². The lowest BCUT2D eigenvalue weighted by molar-refractivity contribution is -0.146. The van der Waals surface area contributed by atoms with E-state index in [1.807, 2.05) is 0 Å². The maximum atomic E-state index is 12.0. The van der Waals surface area contributed by atoms with E-state index >= 15 is 0 Å². The Morgan fingerprint density at radius 1 is 1.64 bits per heavy atom. The number of hydrogen-bond acceptors (Lipinski definition) is 6. The summed E-state index contributed by atoms with van der Waals surface area (Å²) in [4.78, 5) is 29.5. The van der Waals surface area contributed by atoms with Crippen LogP contribution in [0.3, 0.4) is 0 Å². The summed E-state index contributed by atoms with van der Waals surface area (Å²) in [6, 6.07) is -1.09. The molecule has 9 nitrogen and oxygen atoms in total. The quantitative estimate of drug-likeness (QED) is 0.376. The van der Waals surface area contributed by atoms with E-state index in [0.717, 1.165) is 4.90 Å². The maximum Gasteiger partial charge on any atom is 0.408 e. The van der Waals surface area contributed by atoms with E-state index in [1.54, 1.807) is 7.05 Å². The maximum absolute atomic E-state index is 12.0. The molecule has 0 radical (unpaired) electrons. The number of oxime groups is 1. The fourth-order valence-corrected chi connectivity index (χ4v) is 2.25. The molecule has 0 aromatic carbocycles. The predicted octanol–water partition coefficient (Wildman–Crippen LogP) is 0.534. The Bertz CT molecular complexity index is 636. The van der Waals surface area contributed by atoms with E-state index in [-0.39, 0.29) is 13.2 Å². The van der Waals surface area contributed by atoms with E-state index < -0.39 is 18.1 Å². The summed E-state index contributed by atoms with van der Waals surface area (Å²) in [7, 11) is 2.82. The number of hydrogen-bond donors (Lipinski definition) is 1. The molecule has 2 heterocycles. The van der Waals surface area contributed by atoms with Crippen LogP contribution in [0, 0.1) is 0 Å². The van der Waals surface area contributed by atoms with E-state index in [1.165, 1.54) is 24.1 Å². The lowest BCUT2D eigenvalue weighted by Gasteiger charge is -2.32. The Morgan fingerprint density at radius 2 is 2.36 bits per heavy atom. The number of esters is 1. The number of aryl methyl sites for hydroxylation is 1. The number of ether oxygens (including phenoxy) is 1. The first kappa shape index (κ1) is 15.5. The zero-order chi connectivity index (χ0) is 16.3. The number of nitrogens with zero attached hydrogens (tertiary/aromatic N) is 4. The molecule has 1 aromatic heterocycles. The van der Waals surface area contributed by atoms with Crippen molar-refractivity contribution in [3.8, 4) is 0 Å². The van der Waals surface area contributed by atoms with Gasteiger partial charge in [-0.2, -0.15) is 5.10 Å². The van der Waals surface area contributed by atoms with Crippen LogP contribution in [0.25, 0.3) is 0 Å². The van der Waals surface area contributed by atoms with Crippen LogP contribution in [-0.4, -0.2) is 57.8 Å². The molecule has 0 fully saturated rings. The van der Waals surface area contributed by atoms with Crippen molar-refractivity contribution in [1.29, 1.82) is 0 Å². The first-order valence-electron chi connectivity index (χ1n) is 6.40. The van der Waals surface area contributed by atoms with Crippen molar-refractivity contribution < 1.29 is 24.3 Å². The molecule has 1 aliphatic rings. The van der Waals surface area contributed by atoms with E-state index in [4.69, 9.17) is 9.57 Å². The first-order valence-corrected chi connectivity index (χ1v) is 6.40. The second kappa shape index (κ2) is 6.29. The molecule has 9 heteroatoms. The van der Waals surface area contributed by atoms with Crippen LogP contribution in [-0.2, 0) is 21.4 Å². The molecule has 2 rings (SSSR count). The zero-order valence-electron chi connectivity index (χ0n) is 12.2. The number of carbonyl (C=O) groups is 2. The normalized spacial score (nSPS) is 18.7. The number of rotatable bonds is 4. The van der Waals surface area contributed by atoms with Crippen molar-refractivity contribution in [2.45, 2.75) is 6.04 Å². The second-order valence-corrected chi connectivity index (χ2v) is 4.53. The Balaban J connectivity index is 2.51. The topological polar surface area (TPSA) is 106 Å². The monoisotopic (exact) mass is 308 g/mol. The zero-order valence-corrected chi connectivity index (χ0v) is 12.2. The smallest absolute Gasteiger partial charge is 0.408 e. The summed E-state index contributed by atoms with van der Waals surface area (Å²) in [5.41, 5.74) is 1.31. The van der Waals surface area contributed by atoms with Crippen LogP contribution in [0.4, 0.5) is 4.79 Å². The number of fused-ring (bicyclic) bond motifs is 1. The van der Waals surface area contributed by atoms with E-state index in [9.17, 15) is 14.7 Å². The van der Waals surface area contributed by atoms with Crippen molar-refractivity contribution in [3.05, 3.63) is 30.1 Å². The second-order valence-electron chi connectivity index (χ2n) is 4.53. The Hall–Kier alpha value is -2.84. The summed E-state index contributed by atoms with van der Waals surface area (Å²) in [5.74, 6) is -0.682. The van der Waals surface area contributed by atoms with E-state index in [0.29, 0.717) is 17.0 Å². The molecule has 22 heavy (non-hydrogen) atoms. The van der Waals surface area contributed by atoms with Crippen molar-refractivity contribution in [3.63, 3.8) is 0 Å². The molecule has 1 atom stereocenters. The van der Waals surface area contributed by atoms with Crippen molar-refractivity contribution in [1.82, 2.24) is 14.7 Å². The molecule has 0 bridgehead atoms. The summed E-state index contributed by atoms with van der Waals surface area (Å²) in [5, 5.41) is 17.4. The lowest BCUT2D eigenvalue weighted by Crippen LogP contribution is -2.46. The fourth-order valence-electron chi connectivity index (χ4n) is 2.25. The van der Waals surface area contributed by atoms with Gasteiger partial charge in [-0.1, -0.05) is 17.8 Å². The minimum Gasteiger partial charge on any atom is -0.467 e. The van der Waals surface area contributed by atoms with Crippen LogP contribution >= 0.6 is 0 Å². The van der Waals surface area contributed by atoms with Gasteiger partial charge in [-0.15, -0.1) is 0 Å². The summed E-state index contributed by atoms with van der Waals surface area (Å²) in [6.07, 6.45) is 1.77. The Kier molecular flexibility index (Phi) is 4.44. The van der Waals surface area contributed by atoms with Crippen LogP contribution in [0.2, 0.25) is 0 Å². The predicted molar refractivity (Wildman–Crippen MR) is 75.4 cm³/mol. The average molecular weight is 308 g/mol. The minimum absolute atomic E-state index is 0.106. The molecule has 1 amide bonds. The highest BCUT2D eigenvalue weighted by Gasteiger charge is 2.42. The largest absolute Gasteiger partial charge is 0.467 e. The standard InChI is InChI=1S/C13H16N4O5/c1-4-5-22-15-9-7-17(13(19)20)11(12(18)21-3)10-8(9)6-14-16(10)2/h4,6,11H,1,5,7H2,2-3H3,(H,19,20). The summed E-state index contributed by atoms with van der Waals surface area (Å²) in [6.45, 7) is 3.59. The summed E-state index contributed by atoms with van der Waals surface area (Å²) >= 11 is 0. The molecule has 0 saturated carbocycles. The molecule has 0 spiro atoms. The molecular formula is C13H16N4O5. The third-order valence-electron chi connectivity index (χ3n) is 3.22. The van der Waals surface area contributed by atoms with Crippen LogP contribution in [0.15, 0.2) is 24.0 Å². The minimum atomic E-state index is -1.27. The summed E-state index contributed by atoms with van der Waals surface area (Å²) < 4.78 is 6.14. The van der Waals surface area contributed by atoms with Gasteiger partial charge in [0.15, 0.2) is 6.04 Å². The van der Waals surface area contributed by atoms with Gasteiger partial charge in [-0.05, 0) is 0 Å². The Morgan fingerprint density at radius 3 is 2.95 bits per heavy atom. The van der Waals surface area contributed by atoms with Crippen LogP contribution in [0.5, 0.6) is 0 Å². The number of aromatic nitrogens is 2. The van der Waals surface area contributed by atoms with Crippen LogP contribution < -0.4 is 0 Å². The van der Waals surface area contributed by atoms with E-state index in [2.05, 4.69) is 16.8 Å². The van der Waals surface area contributed by atoms with Gasteiger partial charge in [0.1, 0.15) is 12.3 Å². The van der Waals surface area contributed by atoms with Gasteiger partial charge < -0.3 is 14.7 Å². The third-order valence-corrected chi connectivity index (χ3v) is 3.22. The van der Waals surface area contributed by atoms with Gasteiger partial charge >= 0.3 is 12.1 Å². The number of carboxylic acid groups (broad SMARTS) is 1. The van der Waals surface area contributed by atoms with Crippen molar-refractivity contribution in [2.75, 3.05) is 20.3 Å². The average Bonchev–Trinajstić information content (AvgIpc) is 2.88. The molecule has 0 saturated heterocycles. The highest BCUT2D eigenvalue weighted by Crippen LogP contribution is 2.30. The number of carbonyl (C=O) groups excluding carboxylic acids is 1. The molecule has 118 valence electrons. The molecule has 0 aliphatic carbocycles. The van der Waals surface area contributed by atoms with Gasteiger partial charge in [0.2, 0.25) is 0 Å². The number of amides is 1. The Labute approximate surface area is 126 Å². The fraction of sp³-hybridized carbons (Fsp3) is 0.385. The van der Waals surface area contributed by atoms with Gasteiger partial charge in [-0.3, -0.25) is 9.58 Å². The molecule has 1 aromatic rings. The lowest BCUT2D eigenvalue weighted by atomic mass is 9.98. The van der Waals surface area contributed by atoms with Crippen LogP contribution in [0.1, 0.15) is 17.3 Å². The van der Waals surface area contributed by atoms with Crippen molar-refractivity contribution in [2.24, 2.45) is 12.2 Å². The van der Waals surface area contributed by atoms with Crippen molar-refractivity contribution >= 4 is 17.8 Å². The third kappa shape index (κ3) is 2.65. The molecule has 1 N–H and O–H groups in total. The first-order chi connectivity index (χ1) is 10.5. The molecule has 1 aliphatic heterocycles. The van der Waals surface area contributed by atoms with Gasteiger partial charge in [0, 0.05) is 12.6 Å². The van der Waals surface area contributed by atoms with Gasteiger partial charge in [0.05, 0.1) is 25.5 Å². The molecular weight excluding hydrogens is 292 g/mol. The van der Waals surface area contributed by atoms with Gasteiger partial charge in [-0.25, -0.2) is 9.59 Å². The SMILES string of the molecule is C=CCON=C1CN(C(=O)O)C(C(=O)OC)c2c1cnn2C. The highest BCUT2D eigenvalue weighted by atomic mass is 16.6.